The summed E-state index contributed by atoms with van der Waals surface area (Å²) in [5.74, 6) is 0. The van der Waals surface area contributed by atoms with Gasteiger partial charge < -0.3 is 9.47 Å². The van der Waals surface area contributed by atoms with Crippen molar-refractivity contribution in [2.24, 2.45) is 0 Å². The van der Waals surface area contributed by atoms with Gasteiger partial charge in [0, 0.05) is 36.3 Å². The zero-order valence-electron chi connectivity index (χ0n) is 12.2. The summed E-state index contributed by atoms with van der Waals surface area (Å²) in [4.78, 5) is 6.91. The minimum Gasteiger partial charge on any atom is -0.346 e. The van der Waals surface area contributed by atoms with Gasteiger partial charge in [-0.05, 0) is 37.4 Å². The SMILES string of the molecule is CCN(CC)CCn1ccc2ccc3ncccc3c21. The molecule has 2 aromatic heterocycles. The second-order valence-electron chi connectivity index (χ2n) is 5.11. The smallest absolute Gasteiger partial charge is 0.0723 e. The van der Waals surface area contributed by atoms with Crippen molar-refractivity contribution < 1.29 is 0 Å². The number of rotatable bonds is 5. The van der Waals surface area contributed by atoms with E-state index in [-0.39, 0.29) is 0 Å². The van der Waals surface area contributed by atoms with Crippen molar-refractivity contribution >= 4 is 21.8 Å². The van der Waals surface area contributed by atoms with Crippen LogP contribution < -0.4 is 0 Å². The van der Waals surface area contributed by atoms with Gasteiger partial charge in [0.1, 0.15) is 0 Å². The van der Waals surface area contributed by atoms with Gasteiger partial charge in [-0.2, -0.15) is 0 Å². The fraction of sp³-hybridized carbons (Fsp3) is 0.353. The lowest BCUT2D eigenvalue weighted by molar-refractivity contribution is 0.292. The number of fused-ring (bicyclic) bond motifs is 3. The van der Waals surface area contributed by atoms with E-state index >= 15 is 0 Å². The summed E-state index contributed by atoms with van der Waals surface area (Å²) in [5.41, 5.74) is 2.38. The molecular weight excluding hydrogens is 246 g/mol. The third-order valence-corrected chi connectivity index (χ3v) is 4.06. The highest BCUT2D eigenvalue weighted by Gasteiger charge is 2.07. The van der Waals surface area contributed by atoms with E-state index in [2.05, 4.69) is 58.8 Å². The third kappa shape index (κ3) is 2.29. The molecule has 0 atom stereocenters. The summed E-state index contributed by atoms with van der Waals surface area (Å²) in [5, 5.41) is 2.54. The van der Waals surface area contributed by atoms with Crippen molar-refractivity contribution in [2.45, 2.75) is 20.4 Å². The van der Waals surface area contributed by atoms with Crippen LogP contribution in [-0.2, 0) is 6.54 Å². The molecule has 3 heteroatoms. The molecule has 0 N–H and O–H groups in total. The van der Waals surface area contributed by atoms with E-state index in [1.807, 2.05) is 12.3 Å². The zero-order chi connectivity index (χ0) is 13.9. The lowest BCUT2D eigenvalue weighted by Gasteiger charge is -2.18. The van der Waals surface area contributed by atoms with Gasteiger partial charge in [0.05, 0.1) is 11.0 Å². The van der Waals surface area contributed by atoms with Gasteiger partial charge in [-0.1, -0.05) is 19.9 Å². The summed E-state index contributed by atoms with van der Waals surface area (Å²) < 4.78 is 2.36. The van der Waals surface area contributed by atoms with Crippen LogP contribution in [0.15, 0.2) is 42.7 Å². The van der Waals surface area contributed by atoms with Crippen molar-refractivity contribution in [1.29, 1.82) is 0 Å². The van der Waals surface area contributed by atoms with Crippen LogP contribution in [0.1, 0.15) is 13.8 Å². The highest BCUT2D eigenvalue weighted by molar-refractivity contribution is 6.04. The van der Waals surface area contributed by atoms with Crippen LogP contribution in [0.2, 0.25) is 0 Å². The molecule has 0 spiro atoms. The van der Waals surface area contributed by atoms with Crippen LogP contribution in [0, 0.1) is 0 Å². The Balaban J connectivity index is 2.01. The molecule has 0 aliphatic rings. The summed E-state index contributed by atoms with van der Waals surface area (Å²) in [7, 11) is 0. The largest absolute Gasteiger partial charge is 0.346 e. The first kappa shape index (κ1) is 13.1. The summed E-state index contributed by atoms with van der Waals surface area (Å²) in [6.45, 7) is 8.77. The first-order valence-corrected chi connectivity index (χ1v) is 7.38. The normalized spacial score (nSPS) is 11.8. The summed E-state index contributed by atoms with van der Waals surface area (Å²) in [6.07, 6.45) is 4.05. The van der Waals surface area contributed by atoms with E-state index in [1.54, 1.807) is 0 Å². The van der Waals surface area contributed by atoms with Gasteiger partial charge >= 0.3 is 0 Å². The zero-order valence-corrected chi connectivity index (χ0v) is 12.2. The Hall–Kier alpha value is -1.87. The second-order valence-corrected chi connectivity index (χ2v) is 5.11. The molecule has 0 saturated carbocycles. The molecule has 20 heavy (non-hydrogen) atoms. The van der Waals surface area contributed by atoms with Crippen LogP contribution in [0.3, 0.4) is 0 Å². The molecule has 0 fully saturated rings. The molecule has 0 radical (unpaired) electrons. The molecule has 0 aliphatic heterocycles. The predicted octanol–water partition coefficient (Wildman–Crippen LogP) is 3.53. The Morgan fingerprint density at radius 2 is 1.95 bits per heavy atom. The van der Waals surface area contributed by atoms with Gasteiger partial charge in [-0.3, -0.25) is 4.98 Å². The standard InChI is InChI=1S/C17H21N3/c1-3-19(4-2)12-13-20-11-9-14-7-8-16-15(17(14)20)6-5-10-18-16/h5-11H,3-4,12-13H2,1-2H3. The van der Waals surface area contributed by atoms with E-state index in [1.165, 1.54) is 16.3 Å². The number of hydrogen-bond acceptors (Lipinski definition) is 2. The maximum Gasteiger partial charge on any atom is 0.0723 e. The molecule has 0 bridgehead atoms. The number of aromatic nitrogens is 2. The predicted molar refractivity (Wildman–Crippen MR) is 85.0 cm³/mol. The number of hydrogen-bond donors (Lipinski definition) is 0. The number of pyridine rings is 1. The first-order valence-electron chi connectivity index (χ1n) is 7.38. The Morgan fingerprint density at radius 1 is 1.10 bits per heavy atom. The lowest BCUT2D eigenvalue weighted by atomic mass is 10.1. The molecule has 2 heterocycles. The van der Waals surface area contributed by atoms with Gasteiger partial charge in [-0.25, -0.2) is 0 Å². The van der Waals surface area contributed by atoms with Crippen molar-refractivity contribution in [1.82, 2.24) is 14.5 Å². The highest BCUT2D eigenvalue weighted by Crippen LogP contribution is 2.24. The Bertz CT molecular complexity index is 710. The molecule has 3 rings (SSSR count). The number of benzene rings is 1. The molecule has 1 aromatic carbocycles. The average molecular weight is 267 g/mol. The Kier molecular flexibility index (Phi) is 3.70. The minimum atomic E-state index is 1.03. The number of likely N-dealkylation sites (N-methyl/N-ethyl adjacent to an activating group) is 1. The van der Waals surface area contributed by atoms with E-state index in [0.29, 0.717) is 0 Å². The molecule has 0 saturated heterocycles. The maximum atomic E-state index is 4.46. The first-order chi connectivity index (χ1) is 9.83. The van der Waals surface area contributed by atoms with E-state index in [0.717, 1.165) is 31.7 Å². The minimum absolute atomic E-state index is 1.03. The average Bonchev–Trinajstić information content (AvgIpc) is 2.92. The highest BCUT2D eigenvalue weighted by atomic mass is 15.1. The fourth-order valence-electron chi connectivity index (χ4n) is 2.83. The van der Waals surface area contributed by atoms with Crippen LogP contribution in [0.4, 0.5) is 0 Å². The molecule has 0 unspecified atom stereocenters. The molecule has 104 valence electrons. The van der Waals surface area contributed by atoms with Gasteiger partial charge in [-0.15, -0.1) is 0 Å². The van der Waals surface area contributed by atoms with Crippen LogP contribution in [0.5, 0.6) is 0 Å². The van der Waals surface area contributed by atoms with Gasteiger partial charge in [0.2, 0.25) is 0 Å². The van der Waals surface area contributed by atoms with E-state index in [4.69, 9.17) is 0 Å². The van der Waals surface area contributed by atoms with Gasteiger partial charge in [0.25, 0.3) is 0 Å². The topological polar surface area (TPSA) is 21.1 Å². The number of nitrogens with zero attached hydrogens (tertiary/aromatic N) is 3. The van der Waals surface area contributed by atoms with Crippen molar-refractivity contribution in [3.05, 3.63) is 42.7 Å². The van der Waals surface area contributed by atoms with Crippen LogP contribution in [-0.4, -0.2) is 34.1 Å². The fourth-order valence-corrected chi connectivity index (χ4v) is 2.83. The van der Waals surface area contributed by atoms with Crippen LogP contribution in [0.25, 0.3) is 21.8 Å². The molecule has 3 aromatic rings. The lowest BCUT2D eigenvalue weighted by Crippen LogP contribution is -2.26. The Labute approximate surface area is 119 Å². The molecule has 0 amide bonds. The summed E-state index contributed by atoms with van der Waals surface area (Å²) in [6, 6.07) is 10.6. The van der Waals surface area contributed by atoms with Gasteiger partial charge in [0.15, 0.2) is 0 Å². The van der Waals surface area contributed by atoms with Crippen molar-refractivity contribution in [2.75, 3.05) is 19.6 Å². The molecule has 0 aliphatic carbocycles. The Morgan fingerprint density at radius 3 is 2.75 bits per heavy atom. The van der Waals surface area contributed by atoms with E-state index in [9.17, 15) is 0 Å². The molecular formula is C17H21N3. The monoisotopic (exact) mass is 267 g/mol. The maximum absolute atomic E-state index is 4.46. The summed E-state index contributed by atoms with van der Waals surface area (Å²) >= 11 is 0. The van der Waals surface area contributed by atoms with Crippen molar-refractivity contribution in [3.8, 4) is 0 Å². The quantitative estimate of drug-likeness (QED) is 0.705. The van der Waals surface area contributed by atoms with Crippen LogP contribution >= 0.6 is 0 Å². The second kappa shape index (κ2) is 5.63. The third-order valence-electron chi connectivity index (χ3n) is 4.06. The molecule has 3 nitrogen and oxygen atoms in total. The van der Waals surface area contributed by atoms with Crippen molar-refractivity contribution in [3.63, 3.8) is 0 Å². The van der Waals surface area contributed by atoms with E-state index < -0.39 is 0 Å².